The van der Waals surface area contributed by atoms with E-state index in [4.69, 9.17) is 0 Å². The number of nitrogens with zero attached hydrogens (tertiary/aromatic N) is 2. The molecule has 4 rings (SSSR count). The highest BCUT2D eigenvalue weighted by molar-refractivity contribution is 8.02. The molecule has 0 N–H and O–H groups in total. The van der Waals surface area contributed by atoms with Gasteiger partial charge in [-0.2, -0.15) is 0 Å². The lowest BCUT2D eigenvalue weighted by molar-refractivity contribution is -0.127. The summed E-state index contributed by atoms with van der Waals surface area (Å²) >= 11 is 3.00. The van der Waals surface area contributed by atoms with Gasteiger partial charge in [0, 0.05) is 12.1 Å². The highest BCUT2D eigenvalue weighted by atomic mass is 32.2. The van der Waals surface area contributed by atoms with Crippen molar-refractivity contribution in [2.75, 3.05) is 6.54 Å². The smallest absolute Gasteiger partial charge is 0.260 e. The van der Waals surface area contributed by atoms with Crippen molar-refractivity contribution >= 4 is 45.1 Å². The topological polar surface area (TPSA) is 50.3 Å². The van der Waals surface area contributed by atoms with Gasteiger partial charge in [0.05, 0.1) is 15.5 Å². The van der Waals surface area contributed by atoms with Crippen molar-refractivity contribution in [1.82, 2.24) is 9.88 Å². The van der Waals surface area contributed by atoms with Crippen LogP contribution in [0.15, 0.2) is 52.9 Å². The number of carbonyl (C=O) groups excluding carboxylic acids is 2. The van der Waals surface area contributed by atoms with E-state index >= 15 is 0 Å². The average Bonchev–Trinajstić information content (AvgIpc) is 3.00. The summed E-state index contributed by atoms with van der Waals surface area (Å²) in [6.45, 7) is 0.395. The molecule has 2 amide bonds. The number of thiazole rings is 1. The summed E-state index contributed by atoms with van der Waals surface area (Å²) in [5.74, 6) is -0.958. The third-order valence-electron chi connectivity index (χ3n) is 4.49. The zero-order chi connectivity index (χ0) is 18.8. The van der Waals surface area contributed by atoms with E-state index in [9.17, 15) is 14.0 Å². The standard InChI is InChI=1S/C20H17FN2O2S2/c21-14-10-8-13(9-11-14)18(24)23-12-4-3-7-17(19(23)25)27-20-22-15-5-1-2-6-16(15)26-20/h1-2,5-6,8-11,17H,3-4,7,12H2. The van der Waals surface area contributed by atoms with Gasteiger partial charge in [0.1, 0.15) is 5.82 Å². The molecule has 3 aromatic rings. The minimum absolute atomic E-state index is 0.189. The Morgan fingerprint density at radius 3 is 2.70 bits per heavy atom. The molecule has 0 saturated carbocycles. The number of imide groups is 1. The lowest BCUT2D eigenvalue weighted by Crippen LogP contribution is -2.41. The third-order valence-corrected chi connectivity index (χ3v) is 6.88. The van der Waals surface area contributed by atoms with Crippen molar-refractivity contribution in [2.24, 2.45) is 0 Å². The molecule has 27 heavy (non-hydrogen) atoms. The molecule has 1 aromatic heterocycles. The zero-order valence-electron chi connectivity index (χ0n) is 14.4. The molecule has 0 bridgehead atoms. The maximum absolute atomic E-state index is 13.1. The summed E-state index contributed by atoms with van der Waals surface area (Å²) in [7, 11) is 0. The fourth-order valence-electron chi connectivity index (χ4n) is 3.09. The van der Waals surface area contributed by atoms with Crippen LogP contribution in [0.5, 0.6) is 0 Å². The zero-order valence-corrected chi connectivity index (χ0v) is 16.1. The van der Waals surface area contributed by atoms with Crippen molar-refractivity contribution in [1.29, 1.82) is 0 Å². The first-order chi connectivity index (χ1) is 13.1. The Hall–Kier alpha value is -2.25. The molecule has 0 aliphatic carbocycles. The number of fused-ring (bicyclic) bond motifs is 1. The van der Waals surface area contributed by atoms with E-state index in [1.807, 2.05) is 24.3 Å². The second-order valence-electron chi connectivity index (χ2n) is 6.35. The lowest BCUT2D eigenvalue weighted by Gasteiger charge is -2.22. The Kier molecular flexibility index (Phi) is 5.22. The van der Waals surface area contributed by atoms with E-state index in [0.29, 0.717) is 18.5 Å². The highest BCUT2D eigenvalue weighted by Gasteiger charge is 2.32. The van der Waals surface area contributed by atoms with Gasteiger partial charge in [-0.25, -0.2) is 9.37 Å². The molecular formula is C20H17FN2O2S2. The molecule has 7 heteroatoms. The third kappa shape index (κ3) is 3.89. The van der Waals surface area contributed by atoms with Gasteiger partial charge in [-0.05, 0) is 49.2 Å². The molecule has 1 aliphatic rings. The molecule has 1 aliphatic heterocycles. The molecule has 2 aromatic carbocycles. The van der Waals surface area contributed by atoms with Crippen LogP contribution >= 0.6 is 23.1 Å². The van der Waals surface area contributed by atoms with Crippen molar-refractivity contribution < 1.29 is 14.0 Å². The second-order valence-corrected chi connectivity index (χ2v) is 8.83. The lowest BCUT2D eigenvalue weighted by atomic mass is 10.2. The Morgan fingerprint density at radius 1 is 1.15 bits per heavy atom. The first-order valence-corrected chi connectivity index (χ1v) is 10.4. The fourth-order valence-corrected chi connectivity index (χ4v) is 5.50. The number of likely N-dealkylation sites (tertiary alicyclic amines) is 1. The molecule has 0 radical (unpaired) electrons. The summed E-state index contributed by atoms with van der Waals surface area (Å²) in [6, 6.07) is 13.2. The minimum atomic E-state index is -0.405. The van der Waals surface area contributed by atoms with E-state index in [0.717, 1.165) is 27.4 Å². The number of amides is 2. The maximum Gasteiger partial charge on any atom is 0.260 e. The van der Waals surface area contributed by atoms with Gasteiger partial charge < -0.3 is 0 Å². The van der Waals surface area contributed by atoms with E-state index in [1.54, 1.807) is 11.3 Å². The Balaban J connectivity index is 1.55. The average molecular weight is 401 g/mol. The van der Waals surface area contributed by atoms with Gasteiger partial charge in [-0.15, -0.1) is 11.3 Å². The number of hydrogen-bond donors (Lipinski definition) is 0. The number of halogens is 1. The first kappa shape index (κ1) is 18.1. The Bertz CT molecular complexity index is 954. The highest BCUT2D eigenvalue weighted by Crippen LogP contribution is 2.35. The fraction of sp³-hybridized carbons (Fsp3) is 0.250. The molecule has 4 nitrogen and oxygen atoms in total. The van der Waals surface area contributed by atoms with Crippen molar-refractivity contribution in [3.05, 3.63) is 59.9 Å². The molecule has 1 atom stereocenters. The molecule has 1 saturated heterocycles. The molecule has 0 spiro atoms. The predicted molar refractivity (Wildman–Crippen MR) is 106 cm³/mol. The van der Waals surface area contributed by atoms with Crippen LogP contribution in [0.2, 0.25) is 0 Å². The molecular weight excluding hydrogens is 383 g/mol. The van der Waals surface area contributed by atoms with E-state index in [-0.39, 0.29) is 17.1 Å². The van der Waals surface area contributed by atoms with Gasteiger partial charge >= 0.3 is 0 Å². The van der Waals surface area contributed by atoms with E-state index < -0.39 is 5.82 Å². The molecule has 1 unspecified atom stereocenters. The van der Waals surface area contributed by atoms with Crippen molar-refractivity contribution in [3.63, 3.8) is 0 Å². The monoisotopic (exact) mass is 400 g/mol. The Morgan fingerprint density at radius 2 is 1.93 bits per heavy atom. The van der Waals surface area contributed by atoms with E-state index in [2.05, 4.69) is 4.98 Å². The maximum atomic E-state index is 13.1. The quantitative estimate of drug-likeness (QED) is 0.596. The Labute approximate surface area is 164 Å². The predicted octanol–water partition coefficient (Wildman–Crippen LogP) is 4.75. The summed E-state index contributed by atoms with van der Waals surface area (Å²) in [5.41, 5.74) is 1.25. The second kappa shape index (κ2) is 7.78. The number of rotatable bonds is 3. The normalized spacial score (nSPS) is 17.9. The van der Waals surface area contributed by atoms with Crippen LogP contribution in [0.25, 0.3) is 10.2 Å². The number of thioether (sulfide) groups is 1. The summed E-state index contributed by atoms with van der Waals surface area (Å²) in [4.78, 5) is 31.7. The van der Waals surface area contributed by atoms with Gasteiger partial charge in [0.25, 0.3) is 5.91 Å². The SMILES string of the molecule is O=C(c1ccc(F)cc1)N1CCCCC(Sc2nc3ccccc3s2)C1=O. The van der Waals surface area contributed by atoms with Gasteiger partial charge in [0.15, 0.2) is 4.34 Å². The summed E-state index contributed by atoms with van der Waals surface area (Å²) in [5, 5.41) is -0.336. The van der Waals surface area contributed by atoms with Crippen LogP contribution < -0.4 is 0 Å². The number of hydrogen-bond acceptors (Lipinski definition) is 5. The molecule has 138 valence electrons. The van der Waals surface area contributed by atoms with Crippen LogP contribution in [0.1, 0.15) is 29.6 Å². The van der Waals surface area contributed by atoms with Crippen LogP contribution in [0.4, 0.5) is 4.39 Å². The van der Waals surface area contributed by atoms with Crippen LogP contribution in [0.3, 0.4) is 0 Å². The van der Waals surface area contributed by atoms with Crippen LogP contribution in [0, 0.1) is 5.82 Å². The first-order valence-electron chi connectivity index (χ1n) is 8.75. The number of para-hydroxylation sites is 1. The van der Waals surface area contributed by atoms with E-state index in [1.165, 1.54) is 40.9 Å². The van der Waals surface area contributed by atoms with Gasteiger partial charge in [0.2, 0.25) is 5.91 Å². The number of carbonyl (C=O) groups is 2. The summed E-state index contributed by atoms with van der Waals surface area (Å²) in [6.07, 6.45) is 2.36. The van der Waals surface area contributed by atoms with Crippen LogP contribution in [-0.2, 0) is 4.79 Å². The number of aromatic nitrogens is 1. The van der Waals surface area contributed by atoms with Crippen molar-refractivity contribution in [2.45, 2.75) is 28.9 Å². The van der Waals surface area contributed by atoms with Crippen LogP contribution in [-0.4, -0.2) is 33.5 Å². The summed E-state index contributed by atoms with van der Waals surface area (Å²) < 4.78 is 15.0. The largest absolute Gasteiger partial charge is 0.278 e. The van der Waals surface area contributed by atoms with Gasteiger partial charge in [-0.1, -0.05) is 30.3 Å². The molecule has 2 heterocycles. The number of benzene rings is 2. The van der Waals surface area contributed by atoms with Gasteiger partial charge in [-0.3, -0.25) is 14.5 Å². The van der Waals surface area contributed by atoms with Crippen molar-refractivity contribution in [3.8, 4) is 0 Å². The minimum Gasteiger partial charge on any atom is -0.278 e. The molecule has 1 fully saturated rings.